The molecule has 3 aromatic rings. The third kappa shape index (κ3) is 4.53. The van der Waals surface area contributed by atoms with Gasteiger partial charge in [0.05, 0.1) is 13.7 Å². The average molecular weight is 469 g/mol. The molecule has 0 saturated heterocycles. The Hall–Kier alpha value is -4.05. The number of rotatable bonds is 6. The lowest BCUT2D eigenvalue weighted by Gasteiger charge is -2.34. The lowest BCUT2D eigenvalue weighted by molar-refractivity contribution is 0.0220. The van der Waals surface area contributed by atoms with Crippen molar-refractivity contribution in [2.24, 2.45) is 0 Å². The molecule has 176 valence electrons. The fraction of sp³-hybridized carbons (Fsp3) is 0.208. The van der Waals surface area contributed by atoms with Crippen molar-refractivity contribution < 1.29 is 28.2 Å². The maximum absolute atomic E-state index is 13.2. The van der Waals surface area contributed by atoms with Crippen LogP contribution in [0.3, 0.4) is 0 Å². The van der Waals surface area contributed by atoms with Crippen LogP contribution >= 0.6 is 0 Å². The van der Waals surface area contributed by atoms with Crippen molar-refractivity contribution >= 4 is 11.8 Å². The van der Waals surface area contributed by atoms with Crippen molar-refractivity contribution in [3.63, 3.8) is 0 Å². The highest BCUT2D eigenvalue weighted by Crippen LogP contribution is 2.27. The van der Waals surface area contributed by atoms with E-state index in [1.807, 2.05) is 0 Å². The third-order valence-electron chi connectivity index (χ3n) is 5.49. The summed E-state index contributed by atoms with van der Waals surface area (Å²) in [5.74, 6) is -2.53. The quantitative estimate of drug-likeness (QED) is 0.577. The number of hydrogen-bond acceptors (Lipinski definition) is 5. The molecule has 1 atom stereocenters. The van der Waals surface area contributed by atoms with Gasteiger partial charge in [-0.3, -0.25) is 14.4 Å². The molecule has 1 aliphatic heterocycles. The molecule has 1 unspecified atom stereocenters. The highest BCUT2D eigenvalue weighted by Gasteiger charge is 2.35. The van der Waals surface area contributed by atoms with E-state index in [0.29, 0.717) is 11.1 Å². The van der Waals surface area contributed by atoms with Crippen molar-refractivity contribution in [3.8, 4) is 5.75 Å². The van der Waals surface area contributed by atoms with Gasteiger partial charge < -0.3 is 24.6 Å². The van der Waals surface area contributed by atoms with Gasteiger partial charge in [0.1, 0.15) is 23.4 Å². The number of amides is 2. The van der Waals surface area contributed by atoms with Crippen LogP contribution < -0.4 is 15.5 Å². The van der Waals surface area contributed by atoms with E-state index in [9.17, 15) is 28.3 Å². The Labute approximate surface area is 193 Å². The van der Waals surface area contributed by atoms with Crippen LogP contribution in [0.25, 0.3) is 0 Å². The van der Waals surface area contributed by atoms with E-state index in [1.165, 1.54) is 60.5 Å². The number of aliphatic hydroxyl groups excluding tert-OH is 1. The maximum Gasteiger partial charge on any atom is 0.275 e. The molecular formula is C24H21F2N3O5. The van der Waals surface area contributed by atoms with Gasteiger partial charge >= 0.3 is 0 Å². The zero-order valence-electron chi connectivity index (χ0n) is 18.1. The van der Waals surface area contributed by atoms with Crippen molar-refractivity contribution in [1.29, 1.82) is 0 Å². The van der Waals surface area contributed by atoms with Gasteiger partial charge in [-0.1, -0.05) is 24.3 Å². The number of ether oxygens (including phenoxy) is 1. The summed E-state index contributed by atoms with van der Waals surface area (Å²) in [7, 11) is 1.19. The number of benzene rings is 2. The van der Waals surface area contributed by atoms with Gasteiger partial charge in [0.15, 0.2) is 11.4 Å². The number of hydrogen-bond donors (Lipinski definition) is 2. The van der Waals surface area contributed by atoms with E-state index in [1.54, 1.807) is 0 Å². The summed E-state index contributed by atoms with van der Waals surface area (Å²) in [5, 5.41) is 13.3. The Kier molecular flexibility index (Phi) is 6.42. The summed E-state index contributed by atoms with van der Waals surface area (Å²) in [4.78, 5) is 40.2. The molecule has 0 aliphatic carbocycles. The SMILES string of the molecule is COc1c2n(cc(C(=O)NCc3ccc(F)cc3)c1=O)C(O)CN(Cc1ccc(F)cc1)C2=O. The average Bonchev–Trinajstić information content (AvgIpc) is 2.82. The van der Waals surface area contributed by atoms with Crippen molar-refractivity contribution in [1.82, 2.24) is 14.8 Å². The van der Waals surface area contributed by atoms with E-state index >= 15 is 0 Å². The molecule has 0 radical (unpaired) electrons. The van der Waals surface area contributed by atoms with Crippen LogP contribution in [0.15, 0.2) is 59.5 Å². The third-order valence-corrected chi connectivity index (χ3v) is 5.49. The summed E-state index contributed by atoms with van der Waals surface area (Å²) < 4.78 is 32.6. The first kappa shape index (κ1) is 23.1. The van der Waals surface area contributed by atoms with Crippen molar-refractivity contribution in [3.05, 3.63) is 99.0 Å². The van der Waals surface area contributed by atoms with Gasteiger partial charge in [0.2, 0.25) is 5.43 Å². The van der Waals surface area contributed by atoms with Gasteiger partial charge in [-0.2, -0.15) is 0 Å². The second kappa shape index (κ2) is 9.44. The Bertz CT molecular complexity index is 1290. The van der Waals surface area contributed by atoms with Crippen LogP contribution in [-0.2, 0) is 13.1 Å². The Morgan fingerprint density at radius 1 is 1.06 bits per heavy atom. The Morgan fingerprint density at radius 2 is 1.65 bits per heavy atom. The van der Waals surface area contributed by atoms with Gasteiger partial charge in [0.25, 0.3) is 11.8 Å². The smallest absolute Gasteiger partial charge is 0.275 e. The number of β-amino-alcohol motifs (C(OH)–C–C–N with tert-alkyl or cyclic N) is 1. The summed E-state index contributed by atoms with van der Waals surface area (Å²) in [5.41, 5.74) is -0.0699. The number of aromatic nitrogens is 1. The molecule has 10 heteroatoms. The standard InChI is InChI=1S/C24H21F2N3O5/c1-34-22-20-24(33)28(11-15-4-8-17(26)9-5-15)13-19(30)29(20)12-18(21(22)31)23(32)27-10-14-2-6-16(25)7-3-14/h2-9,12,19,30H,10-11,13H2,1H3,(H,27,32). The molecule has 4 rings (SSSR count). The Balaban J connectivity index is 1.62. The molecule has 1 aliphatic rings. The molecule has 1 aromatic heterocycles. The molecule has 2 amide bonds. The predicted molar refractivity (Wildman–Crippen MR) is 117 cm³/mol. The normalized spacial score (nSPS) is 15.1. The molecular weight excluding hydrogens is 448 g/mol. The van der Waals surface area contributed by atoms with Crippen LogP contribution in [0.2, 0.25) is 0 Å². The van der Waals surface area contributed by atoms with E-state index in [2.05, 4.69) is 5.32 Å². The van der Waals surface area contributed by atoms with Crippen LogP contribution in [0.4, 0.5) is 8.78 Å². The first-order valence-corrected chi connectivity index (χ1v) is 10.4. The van der Waals surface area contributed by atoms with E-state index in [-0.39, 0.29) is 36.6 Å². The van der Waals surface area contributed by atoms with Crippen LogP contribution in [0, 0.1) is 11.6 Å². The largest absolute Gasteiger partial charge is 0.491 e. The second-order valence-corrected chi connectivity index (χ2v) is 7.76. The zero-order valence-corrected chi connectivity index (χ0v) is 18.1. The minimum absolute atomic E-state index is 0.0373. The number of nitrogens with one attached hydrogen (secondary N) is 1. The van der Waals surface area contributed by atoms with Gasteiger partial charge in [-0.15, -0.1) is 0 Å². The lowest BCUT2D eigenvalue weighted by Crippen LogP contribution is -2.45. The fourth-order valence-corrected chi connectivity index (χ4v) is 3.75. The lowest BCUT2D eigenvalue weighted by atomic mass is 10.1. The minimum Gasteiger partial charge on any atom is -0.491 e. The summed E-state index contributed by atoms with van der Waals surface area (Å²) in [6.07, 6.45) is -0.135. The first-order valence-electron chi connectivity index (χ1n) is 10.4. The molecule has 8 nitrogen and oxygen atoms in total. The predicted octanol–water partition coefficient (Wildman–Crippen LogP) is 2.21. The molecule has 0 bridgehead atoms. The molecule has 2 N–H and O–H groups in total. The zero-order chi connectivity index (χ0) is 24.4. The monoisotopic (exact) mass is 469 g/mol. The number of pyridine rings is 1. The summed E-state index contributed by atoms with van der Waals surface area (Å²) in [6, 6.07) is 11.0. The number of halogens is 2. The van der Waals surface area contributed by atoms with Crippen molar-refractivity contribution in [2.45, 2.75) is 19.3 Å². The highest BCUT2D eigenvalue weighted by molar-refractivity contribution is 5.99. The van der Waals surface area contributed by atoms with E-state index < -0.39 is 35.1 Å². The molecule has 2 aromatic carbocycles. The minimum atomic E-state index is -1.26. The number of fused-ring (bicyclic) bond motifs is 1. The summed E-state index contributed by atoms with van der Waals surface area (Å²) in [6.45, 7) is -0.00511. The van der Waals surface area contributed by atoms with E-state index in [0.717, 1.165) is 10.8 Å². The number of methoxy groups -OCH3 is 1. The molecule has 0 spiro atoms. The number of aliphatic hydroxyl groups is 1. The first-order chi connectivity index (χ1) is 16.3. The van der Waals surface area contributed by atoms with Gasteiger partial charge in [-0.05, 0) is 35.4 Å². The fourth-order valence-electron chi connectivity index (χ4n) is 3.75. The molecule has 0 saturated carbocycles. The topological polar surface area (TPSA) is 101 Å². The second-order valence-electron chi connectivity index (χ2n) is 7.76. The van der Waals surface area contributed by atoms with Gasteiger partial charge in [-0.25, -0.2) is 8.78 Å². The molecule has 0 fully saturated rings. The molecule has 34 heavy (non-hydrogen) atoms. The number of carbonyl (C=O) groups is 2. The van der Waals surface area contributed by atoms with E-state index in [4.69, 9.17) is 4.74 Å². The maximum atomic E-state index is 13.2. The molecule has 2 heterocycles. The number of carbonyl (C=O) groups excluding carboxylic acids is 2. The van der Waals surface area contributed by atoms with Crippen LogP contribution in [0.5, 0.6) is 5.75 Å². The van der Waals surface area contributed by atoms with Crippen LogP contribution in [-0.4, -0.2) is 40.0 Å². The van der Waals surface area contributed by atoms with Crippen LogP contribution in [0.1, 0.15) is 38.2 Å². The number of nitrogens with zero attached hydrogens (tertiary/aromatic N) is 2. The summed E-state index contributed by atoms with van der Waals surface area (Å²) >= 11 is 0. The highest BCUT2D eigenvalue weighted by atomic mass is 19.1. The van der Waals surface area contributed by atoms with Crippen molar-refractivity contribution in [2.75, 3.05) is 13.7 Å². The van der Waals surface area contributed by atoms with Gasteiger partial charge in [0, 0.05) is 19.3 Å². The Morgan fingerprint density at radius 3 is 2.24 bits per heavy atom.